The molecule has 4 heteroatoms. The van der Waals surface area contributed by atoms with Crippen molar-refractivity contribution in [2.24, 2.45) is 13.0 Å². The molecule has 2 heterocycles. The zero-order valence-electron chi connectivity index (χ0n) is 7.77. The van der Waals surface area contributed by atoms with Crippen molar-refractivity contribution in [3.8, 4) is 0 Å². The van der Waals surface area contributed by atoms with Crippen molar-refractivity contribution < 1.29 is 5.11 Å². The maximum atomic E-state index is 9.16. The van der Waals surface area contributed by atoms with E-state index in [9.17, 15) is 0 Å². The van der Waals surface area contributed by atoms with Crippen molar-refractivity contribution in [1.29, 1.82) is 0 Å². The average Bonchev–Trinajstić information content (AvgIpc) is 2.71. The van der Waals surface area contributed by atoms with Crippen molar-refractivity contribution >= 4 is 0 Å². The molecule has 2 rings (SSSR count). The Morgan fingerprint density at radius 3 is 3.15 bits per heavy atom. The molecular formula is C9H15N3O. The molecule has 2 unspecified atom stereocenters. The van der Waals surface area contributed by atoms with Crippen LogP contribution < -0.4 is 5.32 Å². The third-order valence-electron chi connectivity index (χ3n) is 2.81. The van der Waals surface area contributed by atoms with Crippen molar-refractivity contribution in [2.45, 2.75) is 5.92 Å². The minimum atomic E-state index is 0.253. The summed E-state index contributed by atoms with van der Waals surface area (Å²) in [5.41, 5.74) is 1.21. The van der Waals surface area contributed by atoms with Gasteiger partial charge in [-0.1, -0.05) is 0 Å². The summed E-state index contributed by atoms with van der Waals surface area (Å²) in [6.45, 7) is 2.11. The third kappa shape index (κ3) is 1.47. The summed E-state index contributed by atoms with van der Waals surface area (Å²) in [7, 11) is 2.00. The molecule has 0 amide bonds. The predicted octanol–water partition coefficient (Wildman–Crippen LogP) is -0.285. The summed E-state index contributed by atoms with van der Waals surface area (Å²) in [5, 5.41) is 12.4. The van der Waals surface area contributed by atoms with Crippen molar-refractivity contribution in [3.63, 3.8) is 0 Å². The van der Waals surface area contributed by atoms with Crippen molar-refractivity contribution in [1.82, 2.24) is 14.9 Å². The Labute approximate surface area is 77.6 Å². The largest absolute Gasteiger partial charge is 0.396 e. The molecule has 0 saturated carbocycles. The van der Waals surface area contributed by atoms with E-state index in [4.69, 9.17) is 5.11 Å². The van der Waals surface area contributed by atoms with Gasteiger partial charge in [-0.15, -0.1) is 0 Å². The van der Waals surface area contributed by atoms with Crippen LogP contribution in [0.25, 0.3) is 0 Å². The molecule has 1 saturated heterocycles. The van der Waals surface area contributed by atoms with Crippen LogP contribution in [0.1, 0.15) is 11.6 Å². The number of aliphatic hydroxyl groups is 1. The topological polar surface area (TPSA) is 50.1 Å². The van der Waals surface area contributed by atoms with Gasteiger partial charge in [0.1, 0.15) is 0 Å². The molecule has 72 valence electrons. The fourth-order valence-electron chi connectivity index (χ4n) is 2.00. The van der Waals surface area contributed by atoms with Gasteiger partial charge < -0.3 is 15.0 Å². The first-order chi connectivity index (χ1) is 6.33. The molecule has 4 nitrogen and oxygen atoms in total. The third-order valence-corrected chi connectivity index (χ3v) is 2.81. The van der Waals surface area contributed by atoms with Crippen molar-refractivity contribution in [3.05, 3.63) is 18.2 Å². The number of nitrogens with one attached hydrogen (secondary N) is 1. The first kappa shape index (κ1) is 8.72. The van der Waals surface area contributed by atoms with E-state index in [1.807, 2.05) is 24.1 Å². The fraction of sp³-hybridized carbons (Fsp3) is 0.667. The van der Waals surface area contributed by atoms with E-state index in [2.05, 4.69) is 10.3 Å². The van der Waals surface area contributed by atoms with Crippen LogP contribution in [0.2, 0.25) is 0 Å². The molecule has 1 aromatic rings. The lowest BCUT2D eigenvalue weighted by Gasteiger charge is -2.16. The molecule has 0 bridgehead atoms. The number of imidazole rings is 1. The highest BCUT2D eigenvalue weighted by Gasteiger charge is 2.29. The molecule has 1 aliphatic heterocycles. The molecule has 0 spiro atoms. The standard InChI is InChI=1S/C9H15N3O/c1-12-6-11-4-9(12)8-3-10-2-7(8)5-13/h4,6-8,10,13H,2-3,5H2,1H3. The highest BCUT2D eigenvalue weighted by Crippen LogP contribution is 2.26. The average molecular weight is 181 g/mol. The summed E-state index contributed by atoms with van der Waals surface area (Å²) in [5.74, 6) is 0.757. The number of aromatic nitrogens is 2. The Morgan fingerprint density at radius 2 is 2.54 bits per heavy atom. The van der Waals surface area contributed by atoms with Gasteiger partial charge in [-0.25, -0.2) is 4.98 Å². The molecular weight excluding hydrogens is 166 g/mol. The van der Waals surface area contributed by atoms with Crippen LogP contribution in [-0.4, -0.2) is 34.4 Å². The van der Waals surface area contributed by atoms with Gasteiger partial charge in [0.15, 0.2) is 0 Å². The lowest BCUT2D eigenvalue weighted by Crippen LogP contribution is -2.16. The molecule has 2 atom stereocenters. The highest BCUT2D eigenvalue weighted by atomic mass is 16.3. The molecule has 1 aromatic heterocycles. The lowest BCUT2D eigenvalue weighted by atomic mass is 9.94. The minimum Gasteiger partial charge on any atom is -0.396 e. The second kappa shape index (κ2) is 3.47. The number of aryl methyl sites for hydroxylation is 1. The van der Waals surface area contributed by atoms with Gasteiger partial charge in [0.25, 0.3) is 0 Å². The molecule has 0 aromatic carbocycles. The Bertz CT molecular complexity index is 284. The number of rotatable bonds is 2. The van der Waals surface area contributed by atoms with Crippen LogP contribution in [0.3, 0.4) is 0 Å². The molecule has 1 fully saturated rings. The maximum absolute atomic E-state index is 9.16. The van der Waals surface area contributed by atoms with Gasteiger partial charge in [-0.3, -0.25) is 0 Å². The van der Waals surface area contributed by atoms with E-state index >= 15 is 0 Å². The monoisotopic (exact) mass is 181 g/mol. The van der Waals surface area contributed by atoms with E-state index in [0.29, 0.717) is 11.8 Å². The minimum absolute atomic E-state index is 0.253. The maximum Gasteiger partial charge on any atom is 0.0945 e. The quantitative estimate of drug-likeness (QED) is 0.659. The zero-order chi connectivity index (χ0) is 9.26. The van der Waals surface area contributed by atoms with E-state index in [1.165, 1.54) is 5.69 Å². The second-order valence-corrected chi connectivity index (χ2v) is 3.64. The van der Waals surface area contributed by atoms with Crippen molar-refractivity contribution in [2.75, 3.05) is 19.7 Å². The summed E-state index contributed by atoms with van der Waals surface area (Å²) >= 11 is 0. The first-order valence-electron chi connectivity index (χ1n) is 4.60. The molecule has 1 aliphatic rings. The van der Waals surface area contributed by atoms with Crippen LogP contribution in [0.15, 0.2) is 12.5 Å². The summed E-state index contributed by atoms with van der Waals surface area (Å²) in [4.78, 5) is 4.09. The summed E-state index contributed by atoms with van der Waals surface area (Å²) in [6.07, 6.45) is 3.70. The van der Waals surface area contributed by atoms with Crippen LogP contribution >= 0.6 is 0 Å². The predicted molar refractivity (Wildman–Crippen MR) is 49.4 cm³/mol. The molecule has 13 heavy (non-hydrogen) atoms. The van der Waals surface area contributed by atoms with Gasteiger partial charge in [-0.05, 0) is 0 Å². The lowest BCUT2D eigenvalue weighted by molar-refractivity contribution is 0.224. The number of aliphatic hydroxyl groups excluding tert-OH is 1. The smallest absolute Gasteiger partial charge is 0.0945 e. The Hall–Kier alpha value is -0.870. The van der Waals surface area contributed by atoms with E-state index in [1.54, 1.807) is 0 Å². The Morgan fingerprint density at radius 1 is 1.69 bits per heavy atom. The van der Waals surface area contributed by atoms with Crippen LogP contribution in [0.4, 0.5) is 0 Å². The SMILES string of the molecule is Cn1cncc1C1CNCC1CO. The normalized spacial score (nSPS) is 28.2. The Kier molecular flexibility index (Phi) is 2.33. The van der Waals surface area contributed by atoms with E-state index in [-0.39, 0.29) is 6.61 Å². The van der Waals surface area contributed by atoms with Gasteiger partial charge in [0.2, 0.25) is 0 Å². The van der Waals surface area contributed by atoms with E-state index < -0.39 is 0 Å². The van der Waals surface area contributed by atoms with Gasteiger partial charge in [0.05, 0.1) is 6.33 Å². The number of nitrogens with zero attached hydrogens (tertiary/aromatic N) is 2. The van der Waals surface area contributed by atoms with Gasteiger partial charge in [-0.2, -0.15) is 0 Å². The second-order valence-electron chi connectivity index (χ2n) is 3.64. The number of hydrogen-bond donors (Lipinski definition) is 2. The molecule has 2 N–H and O–H groups in total. The van der Waals surface area contributed by atoms with E-state index in [0.717, 1.165) is 13.1 Å². The highest BCUT2D eigenvalue weighted by molar-refractivity contribution is 5.11. The Balaban J connectivity index is 2.20. The summed E-state index contributed by atoms with van der Waals surface area (Å²) in [6, 6.07) is 0. The summed E-state index contributed by atoms with van der Waals surface area (Å²) < 4.78 is 2.03. The van der Waals surface area contributed by atoms with Crippen LogP contribution in [0.5, 0.6) is 0 Å². The van der Waals surface area contributed by atoms with Crippen LogP contribution in [0, 0.1) is 5.92 Å². The number of hydrogen-bond acceptors (Lipinski definition) is 3. The van der Waals surface area contributed by atoms with Crippen LogP contribution in [-0.2, 0) is 7.05 Å². The fourth-order valence-corrected chi connectivity index (χ4v) is 2.00. The first-order valence-corrected chi connectivity index (χ1v) is 4.60. The zero-order valence-corrected chi connectivity index (χ0v) is 7.77. The molecule has 0 radical (unpaired) electrons. The van der Waals surface area contributed by atoms with Gasteiger partial charge in [0, 0.05) is 50.5 Å². The van der Waals surface area contributed by atoms with Gasteiger partial charge >= 0.3 is 0 Å². The molecule has 0 aliphatic carbocycles.